The van der Waals surface area contributed by atoms with E-state index in [0.717, 1.165) is 0 Å². The van der Waals surface area contributed by atoms with Gasteiger partial charge in [0.05, 0.1) is 20.6 Å². The molecule has 0 atom stereocenters. The van der Waals surface area contributed by atoms with Crippen molar-refractivity contribution in [2.24, 2.45) is 0 Å². The molecule has 0 fully saturated rings. The molecule has 0 aromatic rings. The number of rotatable bonds is 3. The molecule has 0 N–H and O–H groups in total. The van der Waals surface area contributed by atoms with Gasteiger partial charge in [0.1, 0.15) is 5.75 Å². The summed E-state index contributed by atoms with van der Waals surface area (Å²) in [6.07, 6.45) is 6.93. The predicted molar refractivity (Wildman–Crippen MR) is 56.6 cm³/mol. The molecule has 0 aromatic carbocycles. The highest BCUT2D eigenvalue weighted by molar-refractivity contribution is 7.95. The van der Waals surface area contributed by atoms with E-state index in [2.05, 4.69) is 43.9 Å². The minimum atomic E-state index is -0.900. The highest BCUT2D eigenvalue weighted by atomic mass is 79.9. The van der Waals surface area contributed by atoms with Crippen LogP contribution in [-0.2, 0) is 10.9 Å². The van der Waals surface area contributed by atoms with Crippen LogP contribution in [0.4, 0.5) is 0 Å². The third-order valence-corrected chi connectivity index (χ3v) is 3.14. The monoisotopic (exact) mass is 254 g/mol. The molecule has 68 valence electrons. The second kappa shape index (κ2) is 6.32. The fourth-order valence-electron chi connectivity index (χ4n) is 0.594. The molecular weight excluding hydrogens is 236 g/mol. The van der Waals surface area contributed by atoms with Gasteiger partial charge in [-0.1, -0.05) is 25.3 Å². The van der Waals surface area contributed by atoms with Crippen molar-refractivity contribution in [2.45, 2.75) is 19.6 Å². The van der Waals surface area contributed by atoms with E-state index in [0.29, 0.717) is 10.9 Å². The van der Waals surface area contributed by atoms with Gasteiger partial charge >= 0.3 is 0 Å². The first-order valence-electron chi connectivity index (χ1n) is 3.64. The maximum atomic E-state index is 2.43. The second-order valence-electron chi connectivity index (χ2n) is 3.92. The Balaban J connectivity index is 0. The van der Waals surface area contributed by atoms with E-state index < -0.39 is 8.07 Å². The fraction of sp³-hybridized carbons (Fsp3) is 0.750. The third-order valence-electron chi connectivity index (χ3n) is 1.05. The molecule has 0 aliphatic carbocycles. The van der Waals surface area contributed by atoms with Gasteiger partial charge in [-0.05, 0) is 17.0 Å². The smallest absolute Gasteiger partial charge is 0.125 e. The molecule has 0 aliphatic heterocycles. The quantitative estimate of drug-likeness (QED) is 0.462. The predicted octanol–water partition coefficient (Wildman–Crippen LogP) is -0.698. The largest absolute Gasteiger partial charge is 1.00 e. The molecule has 0 amide bonds. The van der Waals surface area contributed by atoms with Gasteiger partial charge in [0, 0.05) is 0 Å². The van der Waals surface area contributed by atoms with Crippen LogP contribution in [0.15, 0.2) is 11.8 Å². The molecule has 0 aromatic heterocycles. The first-order chi connectivity index (χ1) is 4.42. The summed E-state index contributed by atoms with van der Waals surface area (Å²) in [5.41, 5.74) is 2.43. The summed E-state index contributed by atoms with van der Waals surface area (Å²) in [6, 6.07) is 0. The van der Waals surface area contributed by atoms with E-state index in [-0.39, 0.29) is 17.0 Å². The van der Waals surface area contributed by atoms with Crippen molar-refractivity contribution >= 4 is 19.0 Å². The van der Waals surface area contributed by atoms with Crippen molar-refractivity contribution in [3.8, 4) is 0 Å². The summed E-state index contributed by atoms with van der Waals surface area (Å²) < 4.78 is 0. The zero-order valence-electron chi connectivity index (χ0n) is 8.15. The number of hydrogen-bond acceptors (Lipinski definition) is 0. The molecule has 0 nitrogen and oxygen atoms in total. The van der Waals surface area contributed by atoms with Crippen LogP contribution in [0, 0.1) is 0 Å². The first kappa shape index (κ1) is 14.3. The second-order valence-corrected chi connectivity index (χ2v) is 11.3. The topological polar surface area (TPSA) is 0 Å². The van der Waals surface area contributed by atoms with Crippen molar-refractivity contribution in [2.75, 3.05) is 18.3 Å². The van der Waals surface area contributed by atoms with Gasteiger partial charge in [0.15, 0.2) is 0 Å². The highest BCUT2D eigenvalue weighted by Crippen LogP contribution is 2.01. The molecule has 0 saturated heterocycles. The lowest BCUT2D eigenvalue weighted by Gasteiger charge is -2.06. The molecule has 0 radical (unpaired) electrons. The Bertz CT molecular complexity index is 116. The number of hydrogen-bond donors (Lipinski definition) is 0. The van der Waals surface area contributed by atoms with Crippen LogP contribution in [0.2, 0.25) is 19.6 Å². The molecule has 0 bridgehead atoms. The van der Waals surface area contributed by atoms with E-state index in [1.807, 2.05) is 0 Å². The lowest BCUT2D eigenvalue weighted by molar-refractivity contribution is -0.00000258. The van der Waals surface area contributed by atoms with Gasteiger partial charge in [0.2, 0.25) is 0 Å². The van der Waals surface area contributed by atoms with Gasteiger partial charge in [-0.3, -0.25) is 0 Å². The SMILES string of the molecule is C[S+](C)C/C=C/[Si](C)(C)C.[Br-]. The van der Waals surface area contributed by atoms with E-state index in [9.17, 15) is 0 Å². The Kier molecular flexibility index (Phi) is 8.23. The minimum absolute atomic E-state index is 0. The van der Waals surface area contributed by atoms with Gasteiger partial charge in [0.25, 0.3) is 0 Å². The fourth-order valence-corrected chi connectivity index (χ4v) is 2.07. The van der Waals surface area contributed by atoms with Crippen LogP contribution in [0.5, 0.6) is 0 Å². The molecule has 0 rings (SSSR count). The first-order valence-corrected chi connectivity index (χ1v) is 9.42. The molecule has 0 saturated carbocycles. The average molecular weight is 255 g/mol. The lowest BCUT2D eigenvalue weighted by atomic mass is 10.8. The standard InChI is InChI=1S/C8H19SSi.BrH/c1-9(2)7-6-8-10(3,4)5;/h6,8H,7H2,1-5H3;1H/q+1;/p-1/b8-6+;. The molecule has 11 heavy (non-hydrogen) atoms. The summed E-state index contributed by atoms with van der Waals surface area (Å²) in [7, 11) is -0.315. The molecule has 0 unspecified atom stereocenters. The minimum Gasteiger partial charge on any atom is -1.00 e. The van der Waals surface area contributed by atoms with E-state index in [4.69, 9.17) is 0 Å². The maximum absolute atomic E-state index is 2.43. The Morgan fingerprint density at radius 3 is 1.91 bits per heavy atom. The molecule has 3 heteroatoms. The van der Waals surface area contributed by atoms with Gasteiger partial charge < -0.3 is 17.0 Å². The van der Waals surface area contributed by atoms with Gasteiger partial charge in [-0.2, -0.15) is 0 Å². The van der Waals surface area contributed by atoms with Gasteiger partial charge in [-0.15, -0.1) is 0 Å². The van der Waals surface area contributed by atoms with E-state index in [1.165, 1.54) is 5.75 Å². The molecule has 0 aliphatic rings. The van der Waals surface area contributed by atoms with Crippen LogP contribution >= 0.6 is 0 Å². The van der Waals surface area contributed by atoms with Gasteiger partial charge in [-0.25, -0.2) is 0 Å². The molecular formula is C8H19BrSSi. The normalized spacial score (nSPS) is 12.2. The third kappa shape index (κ3) is 13.7. The van der Waals surface area contributed by atoms with Crippen LogP contribution in [0.25, 0.3) is 0 Å². The molecule has 0 heterocycles. The molecule has 0 spiro atoms. The maximum Gasteiger partial charge on any atom is 0.125 e. The van der Waals surface area contributed by atoms with Crippen molar-refractivity contribution < 1.29 is 17.0 Å². The Hall–Kier alpha value is 0.787. The zero-order chi connectivity index (χ0) is 8.20. The van der Waals surface area contributed by atoms with Crippen molar-refractivity contribution in [1.29, 1.82) is 0 Å². The van der Waals surface area contributed by atoms with E-state index in [1.54, 1.807) is 0 Å². The Morgan fingerprint density at radius 1 is 1.18 bits per heavy atom. The Morgan fingerprint density at radius 2 is 1.64 bits per heavy atom. The Labute approximate surface area is 85.6 Å². The summed E-state index contributed by atoms with van der Waals surface area (Å²) in [4.78, 5) is 0. The summed E-state index contributed by atoms with van der Waals surface area (Å²) in [6.45, 7) is 7.10. The van der Waals surface area contributed by atoms with Crippen LogP contribution in [0.3, 0.4) is 0 Å². The summed E-state index contributed by atoms with van der Waals surface area (Å²) in [5, 5.41) is 0. The number of halogens is 1. The van der Waals surface area contributed by atoms with Crippen molar-refractivity contribution in [1.82, 2.24) is 0 Å². The van der Waals surface area contributed by atoms with Crippen LogP contribution < -0.4 is 17.0 Å². The lowest BCUT2D eigenvalue weighted by Crippen LogP contribution is -3.00. The van der Waals surface area contributed by atoms with Crippen molar-refractivity contribution in [3.63, 3.8) is 0 Å². The summed E-state index contributed by atoms with van der Waals surface area (Å²) in [5.74, 6) is 1.27. The van der Waals surface area contributed by atoms with Crippen molar-refractivity contribution in [3.05, 3.63) is 11.8 Å². The van der Waals surface area contributed by atoms with E-state index >= 15 is 0 Å². The zero-order valence-corrected chi connectivity index (χ0v) is 11.6. The van der Waals surface area contributed by atoms with Crippen LogP contribution in [0.1, 0.15) is 0 Å². The highest BCUT2D eigenvalue weighted by Gasteiger charge is 2.07. The van der Waals surface area contributed by atoms with Crippen LogP contribution in [-0.4, -0.2) is 26.3 Å². The summed E-state index contributed by atoms with van der Waals surface area (Å²) >= 11 is 0. The average Bonchev–Trinajstić information content (AvgIpc) is 1.59.